The number of rotatable bonds is 6. The minimum Gasteiger partial charge on any atom is -0.410 e. The number of ether oxygens (including phenoxy) is 1. The fourth-order valence-corrected chi connectivity index (χ4v) is 2.85. The Morgan fingerprint density at radius 1 is 0.793 bits per heavy atom. The van der Waals surface area contributed by atoms with Crippen LogP contribution in [0.15, 0.2) is 84.9 Å². The Bertz CT molecular complexity index is 941. The Labute approximate surface area is 171 Å². The van der Waals surface area contributed by atoms with Gasteiger partial charge in [-0.25, -0.2) is 4.79 Å². The zero-order valence-electron chi connectivity index (χ0n) is 16.6. The maximum absolute atomic E-state index is 12.6. The standard InChI is InChI=1S/C24H24N2O3/c1-25(18-17-19-9-5-3-6-10-19)23(27)20-13-15-21(16-14-20)26(2)24(28)29-22-11-7-4-8-12-22/h3-16H,17-18H2,1-2H3. The first kappa shape index (κ1) is 20.1. The number of carbonyl (C=O) groups excluding carboxylic acids is 2. The molecule has 2 amide bonds. The molecule has 5 nitrogen and oxygen atoms in total. The predicted molar refractivity (Wildman–Crippen MR) is 114 cm³/mol. The normalized spacial score (nSPS) is 10.3. The summed E-state index contributed by atoms with van der Waals surface area (Å²) in [6, 6.07) is 25.9. The summed E-state index contributed by atoms with van der Waals surface area (Å²) >= 11 is 0. The lowest BCUT2D eigenvalue weighted by Gasteiger charge is -2.19. The molecule has 148 valence electrons. The molecule has 3 rings (SSSR count). The van der Waals surface area contributed by atoms with E-state index in [0.29, 0.717) is 23.5 Å². The number of carbonyl (C=O) groups is 2. The Kier molecular flexibility index (Phi) is 6.63. The molecule has 3 aromatic carbocycles. The third-order valence-electron chi connectivity index (χ3n) is 4.65. The summed E-state index contributed by atoms with van der Waals surface area (Å²) in [5.74, 6) is 0.429. The molecular weight excluding hydrogens is 364 g/mol. The Morgan fingerprint density at radius 2 is 1.38 bits per heavy atom. The minimum absolute atomic E-state index is 0.0537. The SMILES string of the molecule is CN(CCc1ccccc1)C(=O)c1ccc(N(C)C(=O)Oc2ccccc2)cc1. The van der Waals surface area contributed by atoms with Gasteiger partial charge in [-0.3, -0.25) is 9.69 Å². The van der Waals surface area contributed by atoms with Gasteiger partial charge in [0, 0.05) is 31.9 Å². The number of hydrogen-bond acceptors (Lipinski definition) is 3. The summed E-state index contributed by atoms with van der Waals surface area (Å²) in [5, 5.41) is 0. The summed E-state index contributed by atoms with van der Waals surface area (Å²) in [5.41, 5.74) is 2.42. The van der Waals surface area contributed by atoms with Gasteiger partial charge >= 0.3 is 6.09 Å². The highest BCUT2D eigenvalue weighted by molar-refractivity contribution is 5.95. The van der Waals surface area contributed by atoms with Crippen molar-refractivity contribution in [3.8, 4) is 5.75 Å². The first-order valence-corrected chi connectivity index (χ1v) is 9.44. The van der Waals surface area contributed by atoms with Gasteiger partial charge in [0.25, 0.3) is 5.91 Å². The molecule has 5 heteroatoms. The van der Waals surface area contributed by atoms with Gasteiger partial charge in [0.05, 0.1) is 0 Å². The van der Waals surface area contributed by atoms with Crippen LogP contribution >= 0.6 is 0 Å². The van der Waals surface area contributed by atoms with Crippen molar-refractivity contribution in [3.63, 3.8) is 0 Å². The second-order valence-electron chi connectivity index (χ2n) is 6.75. The van der Waals surface area contributed by atoms with Crippen molar-refractivity contribution in [1.82, 2.24) is 4.90 Å². The first-order valence-electron chi connectivity index (χ1n) is 9.44. The van der Waals surface area contributed by atoms with E-state index >= 15 is 0 Å². The van der Waals surface area contributed by atoms with Crippen LogP contribution in [0.5, 0.6) is 5.75 Å². The van der Waals surface area contributed by atoms with Crippen molar-refractivity contribution >= 4 is 17.7 Å². The number of amides is 2. The molecule has 0 atom stereocenters. The van der Waals surface area contributed by atoms with Gasteiger partial charge in [0.15, 0.2) is 0 Å². The molecule has 0 heterocycles. The molecule has 29 heavy (non-hydrogen) atoms. The van der Waals surface area contributed by atoms with Gasteiger partial charge in [0.2, 0.25) is 0 Å². The minimum atomic E-state index is -0.491. The summed E-state index contributed by atoms with van der Waals surface area (Å²) < 4.78 is 5.33. The van der Waals surface area contributed by atoms with Gasteiger partial charge in [-0.05, 0) is 48.4 Å². The van der Waals surface area contributed by atoms with Crippen molar-refractivity contribution < 1.29 is 14.3 Å². The molecule has 0 aliphatic carbocycles. The molecule has 3 aromatic rings. The quantitative estimate of drug-likeness (QED) is 0.618. The highest BCUT2D eigenvalue weighted by Gasteiger charge is 2.15. The molecule has 0 N–H and O–H groups in total. The van der Waals surface area contributed by atoms with Crippen molar-refractivity contribution in [2.24, 2.45) is 0 Å². The monoisotopic (exact) mass is 388 g/mol. The average molecular weight is 388 g/mol. The summed E-state index contributed by atoms with van der Waals surface area (Å²) in [6.07, 6.45) is 0.310. The van der Waals surface area contributed by atoms with Crippen molar-refractivity contribution in [2.75, 3.05) is 25.5 Å². The molecule has 0 saturated carbocycles. The number of anilines is 1. The van der Waals surface area contributed by atoms with Gasteiger partial charge in [0.1, 0.15) is 5.75 Å². The van der Waals surface area contributed by atoms with Crippen LogP contribution in [0.25, 0.3) is 0 Å². The van der Waals surface area contributed by atoms with E-state index in [9.17, 15) is 9.59 Å². The van der Waals surface area contributed by atoms with Crippen LogP contribution < -0.4 is 9.64 Å². The smallest absolute Gasteiger partial charge is 0.410 e. The van der Waals surface area contributed by atoms with Gasteiger partial charge in [-0.1, -0.05) is 48.5 Å². The van der Waals surface area contributed by atoms with E-state index in [0.717, 1.165) is 6.42 Å². The number of hydrogen-bond donors (Lipinski definition) is 0. The number of para-hydroxylation sites is 1. The zero-order chi connectivity index (χ0) is 20.6. The molecule has 0 saturated heterocycles. The second kappa shape index (κ2) is 9.55. The van der Waals surface area contributed by atoms with Crippen molar-refractivity contribution in [1.29, 1.82) is 0 Å². The van der Waals surface area contributed by atoms with Crippen LogP contribution in [0, 0.1) is 0 Å². The zero-order valence-corrected chi connectivity index (χ0v) is 16.6. The van der Waals surface area contributed by atoms with Crippen LogP contribution in [0.2, 0.25) is 0 Å². The fraction of sp³-hybridized carbons (Fsp3) is 0.167. The molecule has 0 aliphatic heterocycles. The average Bonchev–Trinajstić information content (AvgIpc) is 2.78. The van der Waals surface area contributed by atoms with Crippen LogP contribution in [0.3, 0.4) is 0 Å². The third kappa shape index (κ3) is 5.45. The lowest BCUT2D eigenvalue weighted by molar-refractivity contribution is 0.0796. The number of likely N-dealkylation sites (N-methyl/N-ethyl adjacent to an activating group) is 1. The van der Waals surface area contributed by atoms with E-state index < -0.39 is 6.09 Å². The third-order valence-corrected chi connectivity index (χ3v) is 4.65. The van der Waals surface area contributed by atoms with Crippen molar-refractivity contribution in [2.45, 2.75) is 6.42 Å². The fourth-order valence-electron chi connectivity index (χ4n) is 2.85. The Hall–Kier alpha value is -3.60. The lowest BCUT2D eigenvalue weighted by Crippen LogP contribution is -2.30. The van der Waals surface area contributed by atoms with E-state index in [2.05, 4.69) is 12.1 Å². The highest BCUT2D eigenvalue weighted by atomic mass is 16.6. The van der Waals surface area contributed by atoms with Crippen molar-refractivity contribution in [3.05, 3.63) is 96.1 Å². The molecule has 0 fully saturated rings. The molecule has 0 bridgehead atoms. The van der Waals surface area contributed by atoms with Gasteiger partial charge < -0.3 is 9.64 Å². The largest absolute Gasteiger partial charge is 0.419 e. The van der Waals surface area contributed by atoms with Crippen LogP contribution in [-0.4, -0.2) is 37.5 Å². The topological polar surface area (TPSA) is 49.9 Å². The molecule has 0 aromatic heterocycles. The first-order chi connectivity index (χ1) is 14.0. The number of benzene rings is 3. The number of nitrogens with zero attached hydrogens (tertiary/aromatic N) is 2. The molecule has 0 unspecified atom stereocenters. The molecule has 0 aliphatic rings. The van der Waals surface area contributed by atoms with E-state index in [1.807, 2.05) is 24.3 Å². The van der Waals surface area contributed by atoms with Gasteiger partial charge in [-0.2, -0.15) is 0 Å². The summed E-state index contributed by atoms with van der Waals surface area (Å²) in [4.78, 5) is 28.0. The van der Waals surface area contributed by atoms with E-state index in [4.69, 9.17) is 4.74 Å². The Balaban J connectivity index is 1.58. The molecular formula is C24H24N2O3. The maximum atomic E-state index is 12.6. The van der Waals surface area contributed by atoms with Crippen LogP contribution in [0.1, 0.15) is 15.9 Å². The summed E-state index contributed by atoms with van der Waals surface area (Å²) in [6.45, 7) is 0.633. The van der Waals surface area contributed by atoms with E-state index in [1.165, 1.54) is 10.5 Å². The molecule has 0 spiro atoms. The van der Waals surface area contributed by atoms with E-state index in [1.54, 1.807) is 67.5 Å². The van der Waals surface area contributed by atoms with Crippen LogP contribution in [0.4, 0.5) is 10.5 Å². The second-order valence-corrected chi connectivity index (χ2v) is 6.75. The summed E-state index contributed by atoms with van der Waals surface area (Å²) in [7, 11) is 3.43. The highest BCUT2D eigenvalue weighted by Crippen LogP contribution is 2.18. The van der Waals surface area contributed by atoms with Crippen LogP contribution in [-0.2, 0) is 6.42 Å². The lowest BCUT2D eigenvalue weighted by atomic mass is 10.1. The Morgan fingerprint density at radius 3 is 2.00 bits per heavy atom. The predicted octanol–water partition coefficient (Wildman–Crippen LogP) is 4.64. The van der Waals surface area contributed by atoms with E-state index in [-0.39, 0.29) is 5.91 Å². The molecule has 0 radical (unpaired) electrons. The van der Waals surface area contributed by atoms with Gasteiger partial charge in [-0.15, -0.1) is 0 Å². The maximum Gasteiger partial charge on any atom is 0.419 e.